The smallest absolute Gasteiger partial charge is 0.124 e. The van der Waals surface area contributed by atoms with Crippen LogP contribution in [0, 0.1) is 5.82 Å². The molecule has 0 spiro atoms. The molecule has 4 heteroatoms. The summed E-state index contributed by atoms with van der Waals surface area (Å²) >= 11 is 3.30. The molecule has 0 saturated carbocycles. The molecule has 2 aromatic rings. The van der Waals surface area contributed by atoms with Gasteiger partial charge in [0.25, 0.3) is 0 Å². The second-order valence-corrected chi connectivity index (χ2v) is 5.12. The lowest BCUT2D eigenvalue weighted by atomic mass is 10.1. The molecule has 0 amide bonds. The zero-order valence-corrected chi connectivity index (χ0v) is 12.0. The van der Waals surface area contributed by atoms with Crippen molar-refractivity contribution in [1.29, 1.82) is 0 Å². The van der Waals surface area contributed by atoms with Gasteiger partial charge < -0.3 is 9.84 Å². The Morgan fingerprint density at radius 1 is 1.21 bits per heavy atom. The van der Waals surface area contributed by atoms with E-state index in [4.69, 9.17) is 4.74 Å². The normalized spacial score (nSPS) is 12.2. The molecule has 19 heavy (non-hydrogen) atoms. The standard InChI is InChI=1S/C15H14BrFO2/c1-10(18)11-3-6-14(7-4-11)19-9-12-2-5-13(17)8-15(12)16/h2-8,10,18H,9H2,1H3. The highest BCUT2D eigenvalue weighted by Crippen LogP contribution is 2.22. The van der Waals surface area contributed by atoms with Gasteiger partial charge in [0, 0.05) is 10.0 Å². The monoisotopic (exact) mass is 324 g/mol. The maximum atomic E-state index is 12.9. The lowest BCUT2D eigenvalue weighted by molar-refractivity contribution is 0.199. The van der Waals surface area contributed by atoms with Crippen molar-refractivity contribution < 1.29 is 14.2 Å². The molecule has 1 unspecified atom stereocenters. The first kappa shape index (κ1) is 14.0. The molecule has 1 atom stereocenters. The van der Waals surface area contributed by atoms with E-state index in [0.29, 0.717) is 16.8 Å². The van der Waals surface area contributed by atoms with Crippen molar-refractivity contribution >= 4 is 15.9 Å². The van der Waals surface area contributed by atoms with Crippen LogP contribution in [0.15, 0.2) is 46.9 Å². The summed E-state index contributed by atoms with van der Waals surface area (Å²) in [6.45, 7) is 2.07. The average Bonchev–Trinajstić information content (AvgIpc) is 2.38. The lowest BCUT2D eigenvalue weighted by Crippen LogP contribution is -1.97. The fourth-order valence-corrected chi connectivity index (χ4v) is 2.11. The number of ether oxygens (including phenoxy) is 1. The number of benzene rings is 2. The summed E-state index contributed by atoms with van der Waals surface area (Å²) in [5.74, 6) is 0.428. The quantitative estimate of drug-likeness (QED) is 0.912. The molecule has 1 N–H and O–H groups in total. The Kier molecular flexibility index (Phi) is 4.56. The van der Waals surface area contributed by atoms with Gasteiger partial charge >= 0.3 is 0 Å². The third kappa shape index (κ3) is 3.78. The molecular formula is C15H14BrFO2. The van der Waals surface area contributed by atoms with Crippen molar-refractivity contribution in [3.8, 4) is 5.75 Å². The summed E-state index contributed by atoms with van der Waals surface area (Å²) < 4.78 is 19.2. The molecule has 2 aromatic carbocycles. The Hall–Kier alpha value is -1.39. The zero-order valence-electron chi connectivity index (χ0n) is 10.4. The summed E-state index contributed by atoms with van der Waals surface area (Å²) in [5, 5.41) is 9.40. The van der Waals surface area contributed by atoms with Crippen LogP contribution in [0.5, 0.6) is 5.75 Å². The highest BCUT2D eigenvalue weighted by atomic mass is 79.9. The van der Waals surface area contributed by atoms with Gasteiger partial charge in [0.15, 0.2) is 0 Å². The minimum atomic E-state index is -0.486. The number of aliphatic hydroxyl groups is 1. The van der Waals surface area contributed by atoms with E-state index in [0.717, 1.165) is 11.1 Å². The van der Waals surface area contributed by atoms with E-state index < -0.39 is 6.10 Å². The topological polar surface area (TPSA) is 29.5 Å². The predicted molar refractivity (Wildman–Crippen MR) is 75.5 cm³/mol. The van der Waals surface area contributed by atoms with Gasteiger partial charge in [-0.3, -0.25) is 0 Å². The van der Waals surface area contributed by atoms with Crippen molar-refractivity contribution in [1.82, 2.24) is 0 Å². The molecule has 0 radical (unpaired) electrons. The van der Waals surface area contributed by atoms with Gasteiger partial charge in [-0.2, -0.15) is 0 Å². The van der Waals surface area contributed by atoms with Crippen LogP contribution in [0.3, 0.4) is 0 Å². The molecule has 100 valence electrons. The van der Waals surface area contributed by atoms with E-state index >= 15 is 0 Å². The van der Waals surface area contributed by atoms with E-state index in [1.807, 2.05) is 12.1 Å². The van der Waals surface area contributed by atoms with Crippen LogP contribution in [-0.4, -0.2) is 5.11 Å². The molecule has 0 heterocycles. The van der Waals surface area contributed by atoms with Crippen LogP contribution in [0.25, 0.3) is 0 Å². The van der Waals surface area contributed by atoms with Crippen molar-refractivity contribution in [2.45, 2.75) is 19.6 Å². The second kappa shape index (κ2) is 6.17. The number of hydrogen-bond donors (Lipinski definition) is 1. The van der Waals surface area contributed by atoms with Gasteiger partial charge in [-0.05, 0) is 36.8 Å². The van der Waals surface area contributed by atoms with Crippen molar-refractivity contribution in [2.75, 3.05) is 0 Å². The summed E-state index contributed by atoms with van der Waals surface area (Å²) in [5.41, 5.74) is 1.72. The van der Waals surface area contributed by atoms with Gasteiger partial charge in [-0.25, -0.2) is 4.39 Å². The van der Waals surface area contributed by atoms with E-state index in [1.165, 1.54) is 12.1 Å². The van der Waals surface area contributed by atoms with Gasteiger partial charge in [0.2, 0.25) is 0 Å². The van der Waals surface area contributed by atoms with E-state index in [9.17, 15) is 9.50 Å². The highest BCUT2D eigenvalue weighted by Gasteiger charge is 2.04. The number of halogens is 2. The predicted octanol–water partition coefficient (Wildman–Crippen LogP) is 4.22. The molecule has 2 nitrogen and oxygen atoms in total. The Bertz CT molecular complexity index is 553. The Labute approximate surface area is 120 Å². The summed E-state index contributed by atoms with van der Waals surface area (Å²) in [7, 11) is 0. The highest BCUT2D eigenvalue weighted by molar-refractivity contribution is 9.10. The summed E-state index contributed by atoms with van der Waals surface area (Å²) in [4.78, 5) is 0. The summed E-state index contributed by atoms with van der Waals surface area (Å²) in [6, 6.07) is 11.7. The van der Waals surface area contributed by atoms with Gasteiger partial charge in [0.1, 0.15) is 18.2 Å². The van der Waals surface area contributed by atoms with Crippen LogP contribution >= 0.6 is 15.9 Å². The maximum absolute atomic E-state index is 12.9. The minimum absolute atomic E-state index is 0.281. The third-order valence-electron chi connectivity index (χ3n) is 2.77. The molecule has 0 bridgehead atoms. The van der Waals surface area contributed by atoms with E-state index in [-0.39, 0.29) is 5.82 Å². The molecule has 0 fully saturated rings. The molecular weight excluding hydrogens is 311 g/mol. The second-order valence-electron chi connectivity index (χ2n) is 4.27. The number of hydrogen-bond acceptors (Lipinski definition) is 2. The Morgan fingerprint density at radius 2 is 1.89 bits per heavy atom. The van der Waals surface area contributed by atoms with Crippen molar-refractivity contribution in [3.05, 3.63) is 63.9 Å². The molecule has 0 aliphatic rings. The van der Waals surface area contributed by atoms with E-state index in [2.05, 4.69) is 15.9 Å². The van der Waals surface area contributed by atoms with Crippen LogP contribution in [0.2, 0.25) is 0 Å². The SMILES string of the molecule is CC(O)c1ccc(OCc2ccc(F)cc2Br)cc1. The van der Waals surface area contributed by atoms with Crippen LogP contribution in [-0.2, 0) is 6.61 Å². The molecule has 2 rings (SSSR count). The Morgan fingerprint density at radius 3 is 2.47 bits per heavy atom. The third-order valence-corrected chi connectivity index (χ3v) is 3.51. The minimum Gasteiger partial charge on any atom is -0.489 e. The van der Waals surface area contributed by atoms with Crippen molar-refractivity contribution in [2.24, 2.45) is 0 Å². The van der Waals surface area contributed by atoms with Crippen molar-refractivity contribution in [3.63, 3.8) is 0 Å². The molecule has 0 saturated heterocycles. The lowest BCUT2D eigenvalue weighted by Gasteiger charge is -2.09. The first-order chi connectivity index (χ1) is 9.06. The molecule has 0 aliphatic carbocycles. The number of rotatable bonds is 4. The summed E-state index contributed by atoms with van der Waals surface area (Å²) in [6.07, 6.45) is -0.486. The van der Waals surface area contributed by atoms with Crippen LogP contribution < -0.4 is 4.74 Å². The number of aliphatic hydroxyl groups excluding tert-OH is 1. The maximum Gasteiger partial charge on any atom is 0.124 e. The molecule has 0 aromatic heterocycles. The largest absolute Gasteiger partial charge is 0.489 e. The van der Waals surface area contributed by atoms with Gasteiger partial charge in [-0.15, -0.1) is 0 Å². The fraction of sp³-hybridized carbons (Fsp3) is 0.200. The zero-order chi connectivity index (χ0) is 13.8. The van der Waals surface area contributed by atoms with Gasteiger partial charge in [0.05, 0.1) is 6.10 Å². The van der Waals surface area contributed by atoms with E-state index in [1.54, 1.807) is 25.1 Å². The van der Waals surface area contributed by atoms with Gasteiger partial charge in [-0.1, -0.05) is 34.1 Å². The first-order valence-electron chi connectivity index (χ1n) is 5.91. The van der Waals surface area contributed by atoms with Crippen LogP contribution in [0.1, 0.15) is 24.2 Å². The van der Waals surface area contributed by atoms with Crippen LogP contribution in [0.4, 0.5) is 4.39 Å². The molecule has 0 aliphatic heterocycles. The fourth-order valence-electron chi connectivity index (χ4n) is 1.64. The first-order valence-corrected chi connectivity index (χ1v) is 6.70. The Balaban J connectivity index is 2.02. The average molecular weight is 325 g/mol.